The number of carbonyl (C=O) groups is 3. The third-order valence-corrected chi connectivity index (χ3v) is 3.23. The van der Waals surface area contributed by atoms with E-state index in [1.54, 1.807) is 0 Å². The topological polar surface area (TPSA) is 72.9 Å². The molecule has 8 heteroatoms. The van der Waals surface area contributed by atoms with Gasteiger partial charge in [-0.2, -0.15) is 0 Å². The predicted molar refractivity (Wildman–Crippen MR) is 62.9 cm³/mol. The van der Waals surface area contributed by atoms with Gasteiger partial charge in [-0.3, -0.25) is 9.59 Å². The summed E-state index contributed by atoms with van der Waals surface area (Å²) in [4.78, 5) is 35.6. The van der Waals surface area contributed by atoms with Crippen molar-refractivity contribution >= 4 is 41.0 Å². The Morgan fingerprint density at radius 3 is 2.33 bits per heavy atom. The van der Waals surface area contributed by atoms with E-state index in [9.17, 15) is 14.4 Å². The molecule has 0 radical (unpaired) electrons. The number of carbonyl (C=O) groups excluding carboxylic acids is 3. The third kappa shape index (κ3) is 2.94. The number of amides is 1. The Morgan fingerprint density at radius 1 is 1.33 bits per heavy atom. The van der Waals surface area contributed by atoms with Crippen LogP contribution in [0.5, 0.6) is 0 Å². The quantitative estimate of drug-likeness (QED) is 0.711. The summed E-state index contributed by atoms with van der Waals surface area (Å²) in [7, 11) is 2.34. The van der Waals surface area contributed by atoms with Crippen molar-refractivity contribution in [1.82, 2.24) is 4.90 Å². The maximum absolute atomic E-state index is 11.7. The third-order valence-electron chi connectivity index (χ3n) is 2.43. The van der Waals surface area contributed by atoms with E-state index >= 15 is 0 Å². The van der Waals surface area contributed by atoms with Gasteiger partial charge in [0.25, 0.3) is 5.91 Å². The van der Waals surface area contributed by atoms with Crippen LogP contribution in [-0.2, 0) is 23.9 Å². The zero-order valence-electron chi connectivity index (χ0n) is 9.74. The Labute approximate surface area is 113 Å². The minimum Gasteiger partial charge on any atom is -0.469 e. The molecule has 0 fully saturated rings. The molecular weight excluding hydrogens is 285 g/mol. The van der Waals surface area contributed by atoms with E-state index < -0.39 is 23.9 Å². The highest BCUT2D eigenvalue weighted by molar-refractivity contribution is 6.49. The molecule has 100 valence electrons. The second-order valence-electron chi connectivity index (χ2n) is 3.47. The molecule has 1 heterocycles. The number of esters is 2. The number of halogens is 2. The number of hydrogen-bond donors (Lipinski definition) is 0. The van der Waals surface area contributed by atoms with E-state index in [4.69, 9.17) is 23.2 Å². The molecule has 0 saturated carbocycles. The lowest BCUT2D eigenvalue weighted by Gasteiger charge is -2.24. The Hall–Kier alpha value is -1.27. The average Bonchev–Trinajstić information content (AvgIpc) is 2.62. The van der Waals surface area contributed by atoms with Crippen molar-refractivity contribution in [3.05, 3.63) is 10.1 Å². The van der Waals surface area contributed by atoms with Gasteiger partial charge in [0.05, 0.1) is 32.2 Å². The van der Waals surface area contributed by atoms with Crippen LogP contribution in [0.2, 0.25) is 0 Å². The number of rotatable bonds is 4. The van der Waals surface area contributed by atoms with Gasteiger partial charge in [0.1, 0.15) is 11.1 Å². The van der Waals surface area contributed by atoms with Crippen molar-refractivity contribution < 1.29 is 23.9 Å². The van der Waals surface area contributed by atoms with Gasteiger partial charge in [0.15, 0.2) is 0 Å². The average molecular weight is 296 g/mol. The molecule has 1 amide bonds. The summed E-state index contributed by atoms with van der Waals surface area (Å²) >= 11 is 11.4. The number of methoxy groups -OCH3 is 2. The first-order chi connectivity index (χ1) is 8.42. The first kappa shape index (κ1) is 14.8. The summed E-state index contributed by atoms with van der Waals surface area (Å²) in [6.45, 7) is -0.0318. The molecule has 0 spiro atoms. The minimum atomic E-state index is -1.10. The largest absolute Gasteiger partial charge is 0.469 e. The first-order valence-electron chi connectivity index (χ1n) is 4.92. The van der Waals surface area contributed by atoms with Crippen molar-refractivity contribution in [3.63, 3.8) is 0 Å². The van der Waals surface area contributed by atoms with Crippen molar-refractivity contribution in [2.24, 2.45) is 0 Å². The van der Waals surface area contributed by atoms with Crippen LogP contribution in [0.3, 0.4) is 0 Å². The molecule has 0 saturated heterocycles. The van der Waals surface area contributed by atoms with E-state index in [2.05, 4.69) is 9.47 Å². The summed E-state index contributed by atoms with van der Waals surface area (Å²) in [6.07, 6.45) is -0.316. The van der Waals surface area contributed by atoms with Crippen LogP contribution < -0.4 is 0 Å². The lowest BCUT2D eigenvalue weighted by Crippen LogP contribution is -2.45. The van der Waals surface area contributed by atoms with E-state index in [0.29, 0.717) is 0 Å². The molecule has 0 aromatic rings. The maximum Gasteiger partial charge on any atom is 0.329 e. The van der Waals surface area contributed by atoms with Gasteiger partial charge in [-0.1, -0.05) is 23.2 Å². The van der Waals surface area contributed by atoms with E-state index in [1.165, 1.54) is 7.11 Å². The highest BCUT2D eigenvalue weighted by Crippen LogP contribution is 2.28. The Balaban J connectivity index is 2.89. The highest BCUT2D eigenvalue weighted by Gasteiger charge is 2.39. The van der Waals surface area contributed by atoms with Crippen LogP contribution in [0.15, 0.2) is 10.1 Å². The number of hydrogen-bond acceptors (Lipinski definition) is 5. The molecule has 0 aromatic heterocycles. The molecular formula is C10H11Cl2NO5. The van der Waals surface area contributed by atoms with Gasteiger partial charge in [-0.15, -0.1) is 0 Å². The van der Waals surface area contributed by atoms with Crippen LogP contribution in [0, 0.1) is 0 Å². The molecule has 1 aliphatic heterocycles. The summed E-state index contributed by atoms with van der Waals surface area (Å²) in [6, 6.07) is -1.10. The fourth-order valence-electron chi connectivity index (χ4n) is 1.48. The van der Waals surface area contributed by atoms with Crippen LogP contribution in [-0.4, -0.2) is 49.6 Å². The van der Waals surface area contributed by atoms with Crippen molar-refractivity contribution in [2.45, 2.75) is 12.5 Å². The molecule has 0 N–H and O–H groups in total. The molecule has 18 heavy (non-hydrogen) atoms. The maximum atomic E-state index is 11.7. The summed E-state index contributed by atoms with van der Waals surface area (Å²) in [5, 5.41) is -0.0316. The Morgan fingerprint density at radius 2 is 1.94 bits per heavy atom. The fraction of sp³-hybridized carbons (Fsp3) is 0.500. The molecule has 1 aliphatic rings. The van der Waals surface area contributed by atoms with E-state index in [1.807, 2.05) is 0 Å². The first-order valence-corrected chi connectivity index (χ1v) is 5.67. The van der Waals surface area contributed by atoms with Gasteiger partial charge < -0.3 is 14.4 Å². The van der Waals surface area contributed by atoms with Gasteiger partial charge in [-0.05, 0) is 0 Å². The van der Waals surface area contributed by atoms with Gasteiger partial charge in [-0.25, -0.2) is 4.79 Å². The smallest absolute Gasteiger partial charge is 0.329 e. The van der Waals surface area contributed by atoms with Crippen LogP contribution >= 0.6 is 23.2 Å². The Kier molecular flexibility index (Phi) is 4.98. The van der Waals surface area contributed by atoms with Crippen molar-refractivity contribution in [1.29, 1.82) is 0 Å². The molecule has 0 bridgehead atoms. The number of nitrogens with zero attached hydrogens (tertiary/aromatic N) is 1. The molecule has 0 aliphatic carbocycles. The second-order valence-corrected chi connectivity index (χ2v) is 4.31. The predicted octanol–water partition coefficient (Wildman–Crippen LogP) is 0.622. The van der Waals surface area contributed by atoms with Crippen LogP contribution in [0.25, 0.3) is 0 Å². The minimum absolute atomic E-state index is 0.0318. The lowest BCUT2D eigenvalue weighted by molar-refractivity contribution is -0.155. The molecule has 6 nitrogen and oxygen atoms in total. The molecule has 0 aromatic carbocycles. The summed E-state index contributed by atoms with van der Waals surface area (Å²) in [5.41, 5.74) is 0. The van der Waals surface area contributed by atoms with Gasteiger partial charge >= 0.3 is 11.9 Å². The van der Waals surface area contributed by atoms with Gasteiger partial charge in [0.2, 0.25) is 0 Å². The standard InChI is InChI=1S/C10H11Cl2NO5/c1-17-7(14)3-6(10(16)18-2)13-4-5(11)8(12)9(13)15/h6H,3-4H2,1-2H3/t6-/m0/s1. The summed E-state index contributed by atoms with van der Waals surface area (Å²) in [5.74, 6) is -1.98. The lowest BCUT2D eigenvalue weighted by atomic mass is 10.2. The second kappa shape index (κ2) is 6.06. The summed E-state index contributed by atoms with van der Waals surface area (Å²) < 4.78 is 9.00. The molecule has 0 unspecified atom stereocenters. The monoisotopic (exact) mass is 295 g/mol. The zero-order chi connectivity index (χ0) is 13.9. The fourth-order valence-corrected chi connectivity index (χ4v) is 1.86. The normalized spacial score (nSPS) is 16.9. The van der Waals surface area contributed by atoms with Crippen molar-refractivity contribution in [3.8, 4) is 0 Å². The van der Waals surface area contributed by atoms with E-state index in [0.717, 1.165) is 12.0 Å². The van der Waals surface area contributed by atoms with E-state index in [-0.39, 0.29) is 23.0 Å². The molecule has 1 atom stereocenters. The highest BCUT2D eigenvalue weighted by atomic mass is 35.5. The molecule has 1 rings (SSSR count). The Bertz CT molecular complexity index is 420. The number of ether oxygens (including phenoxy) is 2. The van der Waals surface area contributed by atoms with Crippen molar-refractivity contribution in [2.75, 3.05) is 20.8 Å². The zero-order valence-corrected chi connectivity index (χ0v) is 11.2. The van der Waals surface area contributed by atoms with Crippen LogP contribution in [0.1, 0.15) is 6.42 Å². The van der Waals surface area contributed by atoms with Gasteiger partial charge in [0, 0.05) is 0 Å². The van der Waals surface area contributed by atoms with Crippen LogP contribution in [0.4, 0.5) is 0 Å². The SMILES string of the molecule is COC(=O)C[C@@H](C(=O)OC)N1CC(Cl)=C(Cl)C1=O.